The average Bonchev–Trinajstić information content (AvgIpc) is 2.37. The minimum atomic E-state index is 0.813. The summed E-state index contributed by atoms with van der Waals surface area (Å²) in [6, 6.07) is 13.6. The van der Waals surface area contributed by atoms with E-state index in [2.05, 4.69) is 43.3 Å². The molecule has 0 saturated heterocycles. The van der Waals surface area contributed by atoms with E-state index in [-0.39, 0.29) is 0 Å². The van der Waals surface area contributed by atoms with Crippen molar-refractivity contribution >= 4 is 10.8 Å². The van der Waals surface area contributed by atoms with E-state index in [1.165, 1.54) is 42.9 Å². The summed E-state index contributed by atoms with van der Waals surface area (Å²) in [4.78, 5) is 0. The average molecular weight is 224 g/mol. The maximum Gasteiger partial charge on any atom is -0.0159 e. The SMILES string of the molecule is CCCC1CCCc2cc3ccccc3cc21. The van der Waals surface area contributed by atoms with Gasteiger partial charge in [-0.15, -0.1) is 0 Å². The van der Waals surface area contributed by atoms with E-state index in [1.807, 2.05) is 0 Å². The second-order valence-corrected chi connectivity index (χ2v) is 5.28. The highest BCUT2D eigenvalue weighted by molar-refractivity contribution is 5.84. The van der Waals surface area contributed by atoms with Gasteiger partial charge in [-0.1, -0.05) is 49.7 Å². The molecule has 1 unspecified atom stereocenters. The van der Waals surface area contributed by atoms with E-state index in [9.17, 15) is 0 Å². The molecule has 0 amide bonds. The maximum atomic E-state index is 2.45. The largest absolute Gasteiger partial charge is 0.0654 e. The summed E-state index contributed by atoms with van der Waals surface area (Å²) >= 11 is 0. The van der Waals surface area contributed by atoms with Crippen LogP contribution in [0.1, 0.15) is 49.7 Å². The molecule has 1 aliphatic rings. The minimum Gasteiger partial charge on any atom is -0.0654 e. The predicted molar refractivity (Wildman–Crippen MR) is 74.5 cm³/mol. The lowest BCUT2D eigenvalue weighted by molar-refractivity contribution is 0.516. The van der Waals surface area contributed by atoms with Gasteiger partial charge in [0.15, 0.2) is 0 Å². The molecule has 1 atom stereocenters. The lowest BCUT2D eigenvalue weighted by Crippen LogP contribution is -2.09. The number of hydrogen-bond donors (Lipinski definition) is 0. The summed E-state index contributed by atoms with van der Waals surface area (Å²) in [5.74, 6) is 0.813. The third-order valence-electron chi connectivity index (χ3n) is 4.08. The van der Waals surface area contributed by atoms with Crippen LogP contribution in [-0.4, -0.2) is 0 Å². The Kier molecular flexibility index (Phi) is 2.88. The lowest BCUT2D eigenvalue weighted by atomic mass is 9.79. The molecule has 88 valence electrons. The van der Waals surface area contributed by atoms with Gasteiger partial charge in [0.2, 0.25) is 0 Å². The van der Waals surface area contributed by atoms with E-state index < -0.39 is 0 Å². The Morgan fingerprint density at radius 2 is 1.88 bits per heavy atom. The van der Waals surface area contributed by atoms with Crippen molar-refractivity contribution in [3.05, 3.63) is 47.5 Å². The van der Waals surface area contributed by atoms with Gasteiger partial charge >= 0.3 is 0 Å². The van der Waals surface area contributed by atoms with Crippen molar-refractivity contribution in [1.29, 1.82) is 0 Å². The fourth-order valence-electron chi connectivity index (χ4n) is 3.24. The smallest absolute Gasteiger partial charge is 0.0159 e. The standard InChI is InChI=1S/C17H20/c1-2-6-13-9-5-10-16-11-14-7-3-4-8-15(14)12-17(13)16/h3-4,7-8,11-13H,2,5-6,9-10H2,1H3. The molecule has 17 heavy (non-hydrogen) atoms. The van der Waals surface area contributed by atoms with Gasteiger partial charge < -0.3 is 0 Å². The van der Waals surface area contributed by atoms with E-state index in [1.54, 1.807) is 11.1 Å². The first-order valence-corrected chi connectivity index (χ1v) is 6.90. The second-order valence-electron chi connectivity index (χ2n) is 5.28. The molecule has 0 aliphatic heterocycles. The van der Waals surface area contributed by atoms with Crippen molar-refractivity contribution in [1.82, 2.24) is 0 Å². The van der Waals surface area contributed by atoms with Crippen LogP contribution < -0.4 is 0 Å². The van der Waals surface area contributed by atoms with Crippen LogP contribution >= 0.6 is 0 Å². The highest BCUT2D eigenvalue weighted by Gasteiger charge is 2.19. The Bertz CT molecular complexity index is 525. The van der Waals surface area contributed by atoms with Crippen LogP contribution in [0.2, 0.25) is 0 Å². The molecular weight excluding hydrogens is 204 g/mol. The van der Waals surface area contributed by atoms with Crippen LogP contribution in [0.15, 0.2) is 36.4 Å². The summed E-state index contributed by atoms with van der Waals surface area (Å²) in [6.45, 7) is 2.30. The van der Waals surface area contributed by atoms with Crippen LogP contribution in [-0.2, 0) is 6.42 Å². The van der Waals surface area contributed by atoms with Gasteiger partial charge in [-0.05, 0) is 53.5 Å². The van der Waals surface area contributed by atoms with Crippen LogP contribution in [0, 0.1) is 0 Å². The molecule has 0 spiro atoms. The molecule has 0 saturated carbocycles. The number of rotatable bonds is 2. The highest BCUT2D eigenvalue weighted by Crippen LogP contribution is 2.36. The zero-order chi connectivity index (χ0) is 11.7. The molecule has 0 N–H and O–H groups in total. The topological polar surface area (TPSA) is 0 Å². The number of fused-ring (bicyclic) bond motifs is 2. The van der Waals surface area contributed by atoms with E-state index in [0.29, 0.717) is 0 Å². The summed E-state index contributed by atoms with van der Waals surface area (Å²) in [5.41, 5.74) is 3.24. The molecule has 0 bridgehead atoms. The summed E-state index contributed by atoms with van der Waals surface area (Å²) in [5, 5.41) is 2.82. The molecule has 1 aliphatic carbocycles. The third-order valence-corrected chi connectivity index (χ3v) is 4.08. The van der Waals surface area contributed by atoms with Gasteiger partial charge in [0.1, 0.15) is 0 Å². The van der Waals surface area contributed by atoms with Gasteiger partial charge in [-0.3, -0.25) is 0 Å². The van der Waals surface area contributed by atoms with E-state index >= 15 is 0 Å². The van der Waals surface area contributed by atoms with Crippen molar-refractivity contribution in [2.75, 3.05) is 0 Å². The number of hydrogen-bond acceptors (Lipinski definition) is 0. The van der Waals surface area contributed by atoms with Crippen molar-refractivity contribution in [3.8, 4) is 0 Å². The quantitative estimate of drug-likeness (QED) is 0.669. The summed E-state index contributed by atoms with van der Waals surface area (Å²) in [7, 11) is 0. The molecule has 2 aromatic rings. The van der Waals surface area contributed by atoms with E-state index in [0.717, 1.165) is 5.92 Å². The number of benzene rings is 2. The zero-order valence-corrected chi connectivity index (χ0v) is 10.6. The fourth-order valence-corrected chi connectivity index (χ4v) is 3.24. The molecule has 0 fully saturated rings. The lowest BCUT2D eigenvalue weighted by Gasteiger charge is -2.26. The maximum absolute atomic E-state index is 2.45. The van der Waals surface area contributed by atoms with Crippen molar-refractivity contribution in [2.45, 2.75) is 44.9 Å². The predicted octanol–water partition coefficient (Wildman–Crippen LogP) is 5.06. The van der Waals surface area contributed by atoms with Gasteiger partial charge in [0.25, 0.3) is 0 Å². The number of aryl methyl sites for hydroxylation is 1. The van der Waals surface area contributed by atoms with Crippen LogP contribution in [0.25, 0.3) is 10.8 Å². The van der Waals surface area contributed by atoms with E-state index in [4.69, 9.17) is 0 Å². The van der Waals surface area contributed by atoms with Crippen molar-refractivity contribution < 1.29 is 0 Å². The monoisotopic (exact) mass is 224 g/mol. The van der Waals surface area contributed by atoms with Crippen molar-refractivity contribution in [2.24, 2.45) is 0 Å². The Labute approximate surface area is 104 Å². The Hall–Kier alpha value is -1.30. The molecule has 0 heterocycles. The first-order valence-electron chi connectivity index (χ1n) is 6.90. The van der Waals surface area contributed by atoms with Gasteiger partial charge in [-0.2, -0.15) is 0 Å². The highest BCUT2D eigenvalue weighted by atomic mass is 14.2. The van der Waals surface area contributed by atoms with Gasteiger partial charge in [0.05, 0.1) is 0 Å². The van der Waals surface area contributed by atoms with Crippen LogP contribution in [0.4, 0.5) is 0 Å². The van der Waals surface area contributed by atoms with Gasteiger partial charge in [0, 0.05) is 0 Å². The summed E-state index contributed by atoms with van der Waals surface area (Å²) in [6.07, 6.45) is 6.69. The van der Waals surface area contributed by atoms with Gasteiger partial charge in [-0.25, -0.2) is 0 Å². The minimum absolute atomic E-state index is 0.813. The molecule has 0 heteroatoms. The van der Waals surface area contributed by atoms with Crippen LogP contribution in [0.3, 0.4) is 0 Å². The molecule has 0 nitrogen and oxygen atoms in total. The first kappa shape index (κ1) is 10.8. The molecule has 0 aromatic heterocycles. The molecule has 2 aromatic carbocycles. The summed E-state index contributed by atoms with van der Waals surface area (Å²) < 4.78 is 0. The zero-order valence-electron chi connectivity index (χ0n) is 10.6. The normalized spacial score (nSPS) is 19.2. The molecular formula is C17H20. The first-order chi connectivity index (χ1) is 8.38. The molecule has 0 radical (unpaired) electrons. The fraction of sp³-hybridized carbons (Fsp3) is 0.412. The van der Waals surface area contributed by atoms with Crippen molar-refractivity contribution in [3.63, 3.8) is 0 Å². The second kappa shape index (κ2) is 4.52. The molecule has 3 rings (SSSR count). The Morgan fingerprint density at radius 3 is 2.65 bits per heavy atom. The third kappa shape index (κ3) is 1.97. The Balaban J connectivity index is 2.12. The van der Waals surface area contributed by atoms with Crippen LogP contribution in [0.5, 0.6) is 0 Å². The Morgan fingerprint density at radius 1 is 1.12 bits per heavy atom.